The molecule has 31 heavy (non-hydrogen) atoms. The van der Waals surface area contributed by atoms with Crippen LogP contribution in [0.5, 0.6) is 0 Å². The van der Waals surface area contributed by atoms with E-state index in [1.165, 1.54) is 20.0 Å². The van der Waals surface area contributed by atoms with Crippen molar-refractivity contribution in [3.8, 4) is 0 Å². The standard InChI is InChI=1S/C25H44O4.C2H6/c1-15(7-8-22(28)29-6)16(2)24(4)12-10-20-23(17(24)3)21(27)14-18-13-19(26)9-11-25(18,20)5;1-2/h15-21,23,26-27H,7-14H2,1-6H3;1-2H3/t15-,16?,17?,18?,19-,20?,21?,23?,24-,25+;/m1./s1. The van der Waals surface area contributed by atoms with Gasteiger partial charge in [0.1, 0.15) is 0 Å². The molecule has 0 amide bonds. The molecule has 0 aromatic heterocycles. The first kappa shape index (κ1) is 26.6. The highest BCUT2D eigenvalue weighted by Gasteiger charge is 2.59. The Morgan fingerprint density at radius 3 is 2.35 bits per heavy atom. The molecule has 3 aliphatic carbocycles. The first-order valence-electron chi connectivity index (χ1n) is 13.0. The largest absolute Gasteiger partial charge is 0.469 e. The zero-order chi connectivity index (χ0) is 23.6. The van der Waals surface area contributed by atoms with Gasteiger partial charge in [0.05, 0.1) is 19.3 Å². The lowest BCUT2D eigenvalue weighted by atomic mass is 9.42. The summed E-state index contributed by atoms with van der Waals surface area (Å²) >= 11 is 0. The van der Waals surface area contributed by atoms with Gasteiger partial charge in [0.15, 0.2) is 0 Å². The summed E-state index contributed by atoms with van der Waals surface area (Å²) in [7, 11) is 1.46. The van der Waals surface area contributed by atoms with Crippen LogP contribution in [-0.4, -0.2) is 35.5 Å². The Hall–Kier alpha value is -0.610. The van der Waals surface area contributed by atoms with Gasteiger partial charge in [-0.2, -0.15) is 0 Å². The highest BCUT2D eigenvalue weighted by molar-refractivity contribution is 5.69. The summed E-state index contributed by atoms with van der Waals surface area (Å²) in [5, 5.41) is 21.4. The smallest absolute Gasteiger partial charge is 0.305 e. The van der Waals surface area contributed by atoms with E-state index in [2.05, 4.69) is 34.6 Å². The molecule has 3 fully saturated rings. The fraction of sp³-hybridized carbons (Fsp3) is 0.963. The second kappa shape index (κ2) is 10.5. The van der Waals surface area contributed by atoms with Gasteiger partial charge in [-0.25, -0.2) is 0 Å². The fourth-order valence-corrected chi connectivity index (χ4v) is 7.73. The van der Waals surface area contributed by atoms with Crippen molar-refractivity contribution in [3.05, 3.63) is 0 Å². The molecule has 0 bridgehead atoms. The Balaban J connectivity index is 0.00000166. The third-order valence-corrected chi connectivity index (χ3v) is 10.3. The van der Waals surface area contributed by atoms with E-state index in [0.29, 0.717) is 41.9 Å². The normalized spacial score (nSPS) is 44.1. The molecule has 3 rings (SSSR count). The van der Waals surface area contributed by atoms with E-state index in [9.17, 15) is 15.0 Å². The molecule has 182 valence electrons. The van der Waals surface area contributed by atoms with Crippen molar-refractivity contribution < 1.29 is 19.7 Å². The number of ether oxygens (including phenoxy) is 1. The summed E-state index contributed by atoms with van der Waals surface area (Å²) in [6, 6.07) is 0. The molecule has 0 aliphatic heterocycles. The van der Waals surface area contributed by atoms with Gasteiger partial charge in [0, 0.05) is 6.42 Å². The Bertz CT molecular complexity index is 592. The molecule has 0 heterocycles. The average Bonchev–Trinajstić information content (AvgIpc) is 2.76. The van der Waals surface area contributed by atoms with Crippen molar-refractivity contribution in [3.63, 3.8) is 0 Å². The highest BCUT2D eigenvalue weighted by Crippen LogP contribution is 2.64. The zero-order valence-electron chi connectivity index (χ0n) is 21.5. The molecular weight excluding hydrogens is 388 g/mol. The topological polar surface area (TPSA) is 66.8 Å². The van der Waals surface area contributed by atoms with Crippen molar-refractivity contribution in [2.75, 3.05) is 7.11 Å². The Labute approximate surface area is 191 Å². The van der Waals surface area contributed by atoms with Crippen molar-refractivity contribution in [2.24, 2.45) is 46.3 Å². The summed E-state index contributed by atoms with van der Waals surface area (Å²) in [6.07, 6.45) is 7.02. The number of hydrogen-bond donors (Lipinski definition) is 2. The highest BCUT2D eigenvalue weighted by atomic mass is 16.5. The molecule has 0 aromatic carbocycles. The van der Waals surface area contributed by atoms with Crippen LogP contribution in [0.1, 0.15) is 99.8 Å². The monoisotopic (exact) mass is 438 g/mol. The molecule has 2 N–H and O–H groups in total. The van der Waals surface area contributed by atoms with Gasteiger partial charge in [-0.3, -0.25) is 4.79 Å². The van der Waals surface area contributed by atoms with Gasteiger partial charge >= 0.3 is 5.97 Å². The van der Waals surface area contributed by atoms with Gasteiger partial charge in [-0.05, 0) is 91.3 Å². The van der Waals surface area contributed by atoms with E-state index in [1.807, 2.05) is 13.8 Å². The number of aliphatic hydroxyl groups is 2. The number of fused-ring (bicyclic) bond motifs is 3. The maximum atomic E-state index is 11.6. The van der Waals surface area contributed by atoms with Crippen LogP contribution in [0.15, 0.2) is 0 Å². The Morgan fingerprint density at radius 1 is 1.10 bits per heavy atom. The molecule has 0 saturated heterocycles. The summed E-state index contributed by atoms with van der Waals surface area (Å²) in [6.45, 7) is 15.9. The minimum atomic E-state index is -0.254. The van der Waals surface area contributed by atoms with Gasteiger partial charge < -0.3 is 14.9 Å². The van der Waals surface area contributed by atoms with E-state index in [-0.39, 0.29) is 29.0 Å². The van der Waals surface area contributed by atoms with Crippen LogP contribution >= 0.6 is 0 Å². The predicted octanol–water partition coefficient (Wildman–Crippen LogP) is 5.84. The van der Waals surface area contributed by atoms with E-state index >= 15 is 0 Å². The maximum absolute atomic E-state index is 11.6. The van der Waals surface area contributed by atoms with Gasteiger partial charge in [0.2, 0.25) is 0 Å². The SMILES string of the molecule is CC.COC(=O)CC[C@@H](C)C(C)[C@@]1(C)CCC2C(C(O)CC3C[C@H](O)CC[C@@]32C)C1C. The number of hydrogen-bond acceptors (Lipinski definition) is 4. The molecule has 10 atom stereocenters. The number of rotatable bonds is 5. The van der Waals surface area contributed by atoms with Crippen LogP contribution in [0.2, 0.25) is 0 Å². The van der Waals surface area contributed by atoms with E-state index in [4.69, 9.17) is 4.74 Å². The first-order valence-corrected chi connectivity index (χ1v) is 13.0. The van der Waals surface area contributed by atoms with Gasteiger partial charge in [-0.1, -0.05) is 48.5 Å². The van der Waals surface area contributed by atoms with E-state index in [0.717, 1.165) is 32.1 Å². The fourth-order valence-electron chi connectivity index (χ4n) is 7.73. The van der Waals surface area contributed by atoms with Crippen molar-refractivity contribution in [1.82, 2.24) is 0 Å². The molecule has 6 unspecified atom stereocenters. The summed E-state index contributed by atoms with van der Waals surface area (Å²) in [4.78, 5) is 11.6. The second-order valence-electron chi connectivity index (χ2n) is 11.3. The van der Waals surface area contributed by atoms with Gasteiger partial charge in [0.25, 0.3) is 0 Å². The second-order valence-corrected chi connectivity index (χ2v) is 11.3. The third kappa shape index (κ3) is 5.00. The van der Waals surface area contributed by atoms with Crippen LogP contribution in [0, 0.1) is 46.3 Å². The molecular formula is C27H50O4. The quantitative estimate of drug-likeness (QED) is 0.529. The number of esters is 1. The van der Waals surface area contributed by atoms with Crippen LogP contribution in [0.25, 0.3) is 0 Å². The average molecular weight is 439 g/mol. The number of carbonyl (C=O) groups is 1. The van der Waals surface area contributed by atoms with Gasteiger partial charge in [-0.15, -0.1) is 0 Å². The van der Waals surface area contributed by atoms with E-state index in [1.54, 1.807) is 0 Å². The molecule has 3 aliphatic rings. The molecule has 3 saturated carbocycles. The number of carbonyl (C=O) groups excluding carboxylic acids is 1. The van der Waals surface area contributed by atoms with Crippen LogP contribution in [0.4, 0.5) is 0 Å². The third-order valence-electron chi connectivity index (χ3n) is 10.3. The molecule has 4 nitrogen and oxygen atoms in total. The maximum Gasteiger partial charge on any atom is 0.305 e. The van der Waals surface area contributed by atoms with Crippen LogP contribution in [-0.2, 0) is 9.53 Å². The Morgan fingerprint density at radius 2 is 1.74 bits per heavy atom. The Kier molecular flexibility index (Phi) is 9.06. The molecule has 4 heteroatoms. The molecule has 0 spiro atoms. The van der Waals surface area contributed by atoms with Crippen LogP contribution in [0.3, 0.4) is 0 Å². The predicted molar refractivity (Wildman–Crippen MR) is 126 cm³/mol. The van der Waals surface area contributed by atoms with Crippen molar-refractivity contribution in [2.45, 2.75) is 112 Å². The van der Waals surface area contributed by atoms with Crippen molar-refractivity contribution in [1.29, 1.82) is 0 Å². The van der Waals surface area contributed by atoms with Crippen molar-refractivity contribution >= 4 is 5.97 Å². The molecule has 0 aromatic rings. The number of methoxy groups -OCH3 is 1. The van der Waals surface area contributed by atoms with Crippen LogP contribution < -0.4 is 0 Å². The first-order chi connectivity index (χ1) is 14.5. The van der Waals surface area contributed by atoms with E-state index < -0.39 is 0 Å². The zero-order valence-corrected chi connectivity index (χ0v) is 21.5. The lowest BCUT2D eigenvalue weighted by Crippen LogP contribution is -2.59. The minimum Gasteiger partial charge on any atom is -0.469 e. The summed E-state index contributed by atoms with van der Waals surface area (Å²) in [5.74, 6) is 2.64. The molecule has 0 radical (unpaired) electrons. The number of aliphatic hydroxyl groups excluding tert-OH is 2. The summed E-state index contributed by atoms with van der Waals surface area (Å²) in [5.41, 5.74) is 0.438. The lowest BCUT2D eigenvalue weighted by molar-refractivity contribution is -0.181. The minimum absolute atomic E-state index is 0.118. The lowest BCUT2D eigenvalue weighted by Gasteiger charge is -2.63. The summed E-state index contributed by atoms with van der Waals surface area (Å²) < 4.78 is 4.84.